The van der Waals surface area contributed by atoms with E-state index in [1.807, 2.05) is 6.07 Å². The van der Waals surface area contributed by atoms with E-state index in [0.29, 0.717) is 10.6 Å². The number of nitrogens with zero attached hydrogens (tertiary/aromatic N) is 3. The van der Waals surface area contributed by atoms with Crippen molar-refractivity contribution in [1.29, 1.82) is 0 Å². The molecule has 1 aliphatic heterocycles. The van der Waals surface area contributed by atoms with Crippen LogP contribution in [0.2, 0.25) is 5.15 Å². The van der Waals surface area contributed by atoms with Gasteiger partial charge in [0.15, 0.2) is 11.0 Å². The second-order valence-corrected chi connectivity index (χ2v) is 5.54. The van der Waals surface area contributed by atoms with Crippen molar-refractivity contribution >= 4 is 17.4 Å². The smallest absolute Gasteiger partial charge is 0.151 e. The Kier molecular flexibility index (Phi) is 1.78. The number of hydrogen-bond acceptors (Lipinski definition) is 3. The lowest BCUT2D eigenvalue weighted by atomic mass is 10.1. The van der Waals surface area contributed by atoms with E-state index in [0.717, 1.165) is 30.7 Å². The summed E-state index contributed by atoms with van der Waals surface area (Å²) < 4.78 is 0. The van der Waals surface area contributed by atoms with E-state index in [9.17, 15) is 0 Å². The molecule has 2 atom stereocenters. The van der Waals surface area contributed by atoms with E-state index in [2.05, 4.69) is 28.9 Å². The molecule has 0 spiro atoms. The summed E-state index contributed by atoms with van der Waals surface area (Å²) in [5.41, 5.74) is 0.552. The fourth-order valence-electron chi connectivity index (χ4n) is 2.80. The lowest BCUT2D eigenvalue weighted by Crippen LogP contribution is -2.27. The van der Waals surface area contributed by atoms with Gasteiger partial charge < -0.3 is 4.90 Å². The van der Waals surface area contributed by atoms with Crippen molar-refractivity contribution in [1.82, 2.24) is 10.2 Å². The molecule has 2 heterocycles. The fourth-order valence-corrected chi connectivity index (χ4v) is 2.90. The van der Waals surface area contributed by atoms with Crippen LogP contribution in [0.1, 0.15) is 13.8 Å². The van der Waals surface area contributed by atoms with Crippen LogP contribution in [0.5, 0.6) is 0 Å². The second kappa shape index (κ2) is 2.85. The van der Waals surface area contributed by atoms with Gasteiger partial charge in [0.05, 0.1) is 0 Å². The highest BCUT2D eigenvalue weighted by atomic mass is 35.5. The standard InChI is InChI=1S/C11H14ClN3/c1-11(2)7-5-15(6-8(7)11)10-4-3-9(12)13-14-10/h3-4,7-8H,5-6H2,1-2H3. The topological polar surface area (TPSA) is 29.0 Å². The molecule has 1 saturated carbocycles. The normalized spacial score (nSPS) is 31.5. The molecule has 4 heteroatoms. The maximum absolute atomic E-state index is 5.71. The highest BCUT2D eigenvalue weighted by Crippen LogP contribution is 2.62. The maximum atomic E-state index is 5.71. The van der Waals surface area contributed by atoms with Crippen molar-refractivity contribution in [3.8, 4) is 0 Å². The zero-order valence-electron chi connectivity index (χ0n) is 8.94. The third-order valence-electron chi connectivity index (χ3n) is 4.06. The number of piperidine rings is 1. The molecular weight excluding hydrogens is 210 g/mol. The summed E-state index contributed by atoms with van der Waals surface area (Å²) in [5, 5.41) is 8.44. The molecule has 1 aliphatic carbocycles. The van der Waals surface area contributed by atoms with Gasteiger partial charge in [0.2, 0.25) is 0 Å². The average Bonchev–Trinajstić information content (AvgIpc) is 2.64. The Hall–Kier alpha value is -0.830. The highest BCUT2D eigenvalue weighted by molar-refractivity contribution is 6.29. The van der Waals surface area contributed by atoms with Gasteiger partial charge >= 0.3 is 0 Å². The molecule has 80 valence electrons. The predicted molar refractivity (Wildman–Crippen MR) is 60.0 cm³/mol. The SMILES string of the molecule is CC1(C)C2CN(c3ccc(Cl)nn3)CC21. The van der Waals surface area contributed by atoms with Crippen LogP contribution in [0.15, 0.2) is 12.1 Å². The van der Waals surface area contributed by atoms with Gasteiger partial charge in [0, 0.05) is 13.1 Å². The van der Waals surface area contributed by atoms with Gasteiger partial charge in [-0.1, -0.05) is 25.4 Å². The molecule has 0 bridgehead atoms. The minimum absolute atomic E-state index is 0.462. The van der Waals surface area contributed by atoms with Crippen LogP contribution in [0.4, 0.5) is 5.82 Å². The highest BCUT2D eigenvalue weighted by Gasteiger charge is 2.62. The van der Waals surface area contributed by atoms with Gasteiger partial charge in [-0.3, -0.25) is 0 Å². The summed E-state index contributed by atoms with van der Waals surface area (Å²) >= 11 is 5.71. The van der Waals surface area contributed by atoms with Gasteiger partial charge in [0.1, 0.15) is 0 Å². The van der Waals surface area contributed by atoms with Crippen molar-refractivity contribution in [3.05, 3.63) is 17.3 Å². The molecule has 2 unspecified atom stereocenters. The Morgan fingerprint density at radius 3 is 2.47 bits per heavy atom. The first-order valence-electron chi connectivity index (χ1n) is 5.33. The van der Waals surface area contributed by atoms with E-state index < -0.39 is 0 Å². The van der Waals surface area contributed by atoms with E-state index in [-0.39, 0.29) is 0 Å². The predicted octanol–water partition coefficient (Wildman–Crippen LogP) is 2.22. The minimum atomic E-state index is 0.462. The number of anilines is 1. The summed E-state index contributed by atoms with van der Waals surface area (Å²) in [6.45, 7) is 6.95. The van der Waals surface area contributed by atoms with Gasteiger partial charge in [-0.15, -0.1) is 10.2 Å². The number of fused-ring (bicyclic) bond motifs is 1. The molecule has 3 rings (SSSR count). The summed E-state index contributed by atoms with van der Waals surface area (Å²) in [4.78, 5) is 2.31. The van der Waals surface area contributed by atoms with Crippen molar-refractivity contribution in [2.75, 3.05) is 18.0 Å². The largest absolute Gasteiger partial charge is 0.355 e. The number of halogens is 1. The molecule has 2 aliphatic rings. The Labute approximate surface area is 94.4 Å². The fraction of sp³-hybridized carbons (Fsp3) is 0.636. The third kappa shape index (κ3) is 1.33. The van der Waals surface area contributed by atoms with Crippen molar-refractivity contribution < 1.29 is 0 Å². The molecule has 1 aromatic rings. The monoisotopic (exact) mass is 223 g/mol. The molecule has 0 aromatic carbocycles. The van der Waals surface area contributed by atoms with E-state index >= 15 is 0 Å². The quantitative estimate of drug-likeness (QED) is 0.731. The van der Waals surface area contributed by atoms with Crippen LogP contribution < -0.4 is 4.90 Å². The van der Waals surface area contributed by atoms with Crippen LogP contribution in [0, 0.1) is 17.3 Å². The molecule has 0 amide bonds. The Balaban J connectivity index is 1.75. The Morgan fingerprint density at radius 2 is 1.93 bits per heavy atom. The first-order valence-corrected chi connectivity index (χ1v) is 5.71. The summed E-state index contributed by atoms with van der Waals surface area (Å²) in [5.74, 6) is 2.65. The summed E-state index contributed by atoms with van der Waals surface area (Å²) in [6, 6.07) is 3.76. The van der Waals surface area contributed by atoms with Gasteiger partial charge in [0.25, 0.3) is 0 Å². The molecule has 2 fully saturated rings. The first kappa shape index (κ1) is 9.40. The molecule has 3 nitrogen and oxygen atoms in total. The molecule has 0 N–H and O–H groups in total. The summed E-state index contributed by atoms with van der Waals surface area (Å²) in [6.07, 6.45) is 0. The lowest BCUT2D eigenvalue weighted by molar-refractivity contribution is 0.498. The van der Waals surface area contributed by atoms with Crippen LogP contribution in [0.25, 0.3) is 0 Å². The first-order chi connectivity index (χ1) is 7.09. The molecule has 1 aromatic heterocycles. The zero-order valence-corrected chi connectivity index (χ0v) is 9.70. The van der Waals surface area contributed by atoms with Crippen LogP contribution in [-0.4, -0.2) is 23.3 Å². The Morgan fingerprint density at radius 1 is 1.27 bits per heavy atom. The van der Waals surface area contributed by atoms with E-state index in [1.165, 1.54) is 0 Å². The zero-order chi connectivity index (χ0) is 10.6. The molecular formula is C11H14ClN3. The van der Waals surface area contributed by atoms with Crippen LogP contribution in [0.3, 0.4) is 0 Å². The van der Waals surface area contributed by atoms with Crippen molar-refractivity contribution in [2.24, 2.45) is 17.3 Å². The molecule has 0 radical (unpaired) electrons. The third-order valence-corrected chi connectivity index (χ3v) is 4.27. The maximum Gasteiger partial charge on any atom is 0.151 e. The van der Waals surface area contributed by atoms with Crippen molar-refractivity contribution in [3.63, 3.8) is 0 Å². The van der Waals surface area contributed by atoms with Gasteiger partial charge in [-0.25, -0.2) is 0 Å². The van der Waals surface area contributed by atoms with Crippen LogP contribution in [-0.2, 0) is 0 Å². The number of rotatable bonds is 1. The van der Waals surface area contributed by atoms with E-state index in [4.69, 9.17) is 11.6 Å². The minimum Gasteiger partial charge on any atom is -0.355 e. The average molecular weight is 224 g/mol. The number of aromatic nitrogens is 2. The lowest BCUT2D eigenvalue weighted by Gasteiger charge is -2.22. The number of hydrogen-bond donors (Lipinski definition) is 0. The van der Waals surface area contributed by atoms with Crippen LogP contribution >= 0.6 is 11.6 Å². The van der Waals surface area contributed by atoms with E-state index in [1.54, 1.807) is 6.07 Å². The summed E-state index contributed by atoms with van der Waals surface area (Å²) in [7, 11) is 0. The molecule has 1 saturated heterocycles. The van der Waals surface area contributed by atoms with Gasteiger partial charge in [-0.2, -0.15) is 0 Å². The second-order valence-electron chi connectivity index (χ2n) is 5.15. The molecule has 15 heavy (non-hydrogen) atoms. The van der Waals surface area contributed by atoms with Crippen molar-refractivity contribution in [2.45, 2.75) is 13.8 Å². The Bertz CT molecular complexity index is 373. The van der Waals surface area contributed by atoms with Gasteiger partial charge in [-0.05, 0) is 29.4 Å².